The van der Waals surface area contributed by atoms with Crippen LogP contribution in [-0.2, 0) is 24.1 Å². The van der Waals surface area contributed by atoms with Crippen LogP contribution in [0.5, 0.6) is 5.75 Å². The summed E-state index contributed by atoms with van der Waals surface area (Å²) in [5.74, 6) is 0.632. The Kier molecular flexibility index (Phi) is 5.34. The van der Waals surface area contributed by atoms with Gasteiger partial charge < -0.3 is 9.53 Å². The summed E-state index contributed by atoms with van der Waals surface area (Å²) in [5.41, 5.74) is 2.73. The molecule has 8 heteroatoms. The van der Waals surface area contributed by atoms with Gasteiger partial charge in [-0.2, -0.15) is 18.3 Å². The molecular formula is C22H20F3N3O2. The van der Waals surface area contributed by atoms with Crippen molar-refractivity contribution < 1.29 is 22.7 Å². The zero-order valence-corrected chi connectivity index (χ0v) is 16.2. The number of H-pyrrole nitrogens is 1. The molecule has 0 radical (unpaired) electrons. The predicted molar refractivity (Wildman–Crippen MR) is 105 cm³/mol. The molecule has 0 saturated heterocycles. The van der Waals surface area contributed by atoms with Crippen molar-refractivity contribution in [3.63, 3.8) is 0 Å². The minimum Gasteiger partial charge on any atom is -0.489 e. The molecule has 2 heterocycles. The van der Waals surface area contributed by atoms with Crippen LogP contribution < -0.4 is 4.74 Å². The van der Waals surface area contributed by atoms with Crippen LogP contribution in [0.2, 0.25) is 0 Å². The van der Waals surface area contributed by atoms with E-state index in [1.807, 2.05) is 19.1 Å². The van der Waals surface area contributed by atoms with E-state index in [1.54, 1.807) is 18.3 Å². The number of fused-ring (bicyclic) bond motifs is 1. The number of carbonyl (C=O) groups is 1. The fourth-order valence-electron chi connectivity index (χ4n) is 3.76. The highest BCUT2D eigenvalue weighted by Gasteiger charge is 2.31. The number of nitrogens with one attached hydrogen (secondary N) is 1. The Balaban J connectivity index is 1.52. The van der Waals surface area contributed by atoms with Gasteiger partial charge in [0.15, 0.2) is 0 Å². The second-order valence-corrected chi connectivity index (χ2v) is 7.13. The van der Waals surface area contributed by atoms with Gasteiger partial charge in [-0.05, 0) is 41.9 Å². The quantitative estimate of drug-likeness (QED) is 0.591. The Morgan fingerprint density at radius 2 is 2.10 bits per heavy atom. The number of hydrogen-bond acceptors (Lipinski definition) is 4. The van der Waals surface area contributed by atoms with E-state index in [0.717, 1.165) is 36.1 Å². The molecule has 0 saturated carbocycles. The first-order valence-corrected chi connectivity index (χ1v) is 9.56. The molecule has 4 rings (SSSR count). The molecule has 1 unspecified atom stereocenters. The van der Waals surface area contributed by atoms with Crippen molar-refractivity contribution >= 4 is 6.29 Å². The fourth-order valence-corrected chi connectivity index (χ4v) is 3.76. The van der Waals surface area contributed by atoms with Crippen LogP contribution in [0.3, 0.4) is 0 Å². The van der Waals surface area contributed by atoms with Crippen molar-refractivity contribution in [3.05, 3.63) is 70.9 Å². The van der Waals surface area contributed by atoms with Crippen LogP contribution >= 0.6 is 0 Å². The van der Waals surface area contributed by atoms with Crippen LogP contribution in [0.1, 0.15) is 35.2 Å². The van der Waals surface area contributed by atoms with Crippen molar-refractivity contribution in [3.8, 4) is 17.0 Å². The Hall–Kier alpha value is -3.13. The number of nitrogens with zero attached hydrogens (tertiary/aromatic N) is 2. The van der Waals surface area contributed by atoms with E-state index < -0.39 is 11.7 Å². The van der Waals surface area contributed by atoms with Gasteiger partial charge in [0.25, 0.3) is 0 Å². The summed E-state index contributed by atoms with van der Waals surface area (Å²) in [6.45, 7) is 3.60. The van der Waals surface area contributed by atoms with Crippen molar-refractivity contribution in [1.29, 1.82) is 0 Å². The van der Waals surface area contributed by atoms with Crippen LogP contribution in [-0.4, -0.2) is 27.9 Å². The monoisotopic (exact) mass is 415 g/mol. The smallest absolute Gasteiger partial charge is 0.416 e. The molecule has 0 fully saturated rings. The molecule has 30 heavy (non-hydrogen) atoms. The maximum absolute atomic E-state index is 13.0. The zero-order chi connectivity index (χ0) is 21.3. The van der Waals surface area contributed by atoms with Crippen LogP contribution in [0.25, 0.3) is 11.3 Å². The summed E-state index contributed by atoms with van der Waals surface area (Å²) in [4.78, 5) is 13.5. The van der Waals surface area contributed by atoms with Crippen molar-refractivity contribution in [2.24, 2.45) is 0 Å². The average molecular weight is 415 g/mol. The number of hydrogen-bond donors (Lipinski definition) is 1. The van der Waals surface area contributed by atoms with E-state index in [1.165, 1.54) is 6.07 Å². The second-order valence-electron chi connectivity index (χ2n) is 7.13. The summed E-state index contributed by atoms with van der Waals surface area (Å²) >= 11 is 0. The normalized spacial score (nSPS) is 16.5. The highest BCUT2D eigenvalue weighted by atomic mass is 19.4. The number of benzene rings is 2. The van der Waals surface area contributed by atoms with Crippen LogP contribution in [0.15, 0.2) is 48.7 Å². The van der Waals surface area contributed by atoms with Gasteiger partial charge in [0.1, 0.15) is 18.6 Å². The minimum atomic E-state index is -4.42. The summed E-state index contributed by atoms with van der Waals surface area (Å²) in [5, 5.41) is 6.81. The first kappa shape index (κ1) is 20.2. The lowest BCUT2D eigenvalue weighted by atomic mass is 10.0. The lowest BCUT2D eigenvalue weighted by Crippen LogP contribution is -2.22. The molecule has 1 aliphatic heterocycles. The molecule has 5 nitrogen and oxygen atoms in total. The maximum atomic E-state index is 13.0. The lowest BCUT2D eigenvalue weighted by Gasteiger charge is -2.17. The first-order chi connectivity index (χ1) is 14.4. The third kappa shape index (κ3) is 3.82. The van der Waals surface area contributed by atoms with Gasteiger partial charge >= 0.3 is 6.18 Å². The van der Waals surface area contributed by atoms with Gasteiger partial charge in [-0.1, -0.05) is 25.1 Å². The van der Waals surface area contributed by atoms with E-state index in [-0.39, 0.29) is 12.6 Å². The topological polar surface area (TPSA) is 58.2 Å². The average Bonchev–Trinajstić information content (AvgIpc) is 3.35. The van der Waals surface area contributed by atoms with Gasteiger partial charge in [0.05, 0.1) is 17.3 Å². The predicted octanol–water partition coefficient (Wildman–Crippen LogP) is 4.75. The summed E-state index contributed by atoms with van der Waals surface area (Å²) < 4.78 is 44.9. The minimum absolute atomic E-state index is 0.148. The van der Waals surface area contributed by atoms with Crippen molar-refractivity contribution in [1.82, 2.24) is 15.1 Å². The molecule has 0 bridgehead atoms. The molecule has 3 aromatic rings. The van der Waals surface area contributed by atoms with E-state index in [0.29, 0.717) is 29.1 Å². The molecule has 2 aromatic carbocycles. The summed E-state index contributed by atoms with van der Waals surface area (Å²) in [7, 11) is 0. The Labute approximate surface area is 171 Å². The third-order valence-corrected chi connectivity index (χ3v) is 5.31. The molecule has 156 valence electrons. The van der Waals surface area contributed by atoms with Crippen molar-refractivity contribution in [2.75, 3.05) is 6.54 Å². The SMILES string of the molecule is CCN1Cc2cc(OCc3c[nH]nc3-c3cccc(C(F)(F)F)c3)ccc2C1C=O. The number of aromatic nitrogens is 2. The first-order valence-electron chi connectivity index (χ1n) is 9.56. The summed E-state index contributed by atoms with van der Waals surface area (Å²) in [6, 6.07) is 10.4. The van der Waals surface area contributed by atoms with Gasteiger partial charge in [-0.15, -0.1) is 0 Å². The van der Waals surface area contributed by atoms with Gasteiger partial charge in [0.2, 0.25) is 0 Å². The second kappa shape index (κ2) is 7.95. The van der Waals surface area contributed by atoms with E-state index >= 15 is 0 Å². The number of aromatic amines is 1. The van der Waals surface area contributed by atoms with Crippen molar-refractivity contribution in [2.45, 2.75) is 32.3 Å². The molecule has 1 aliphatic rings. The zero-order valence-electron chi connectivity index (χ0n) is 16.2. The number of carbonyl (C=O) groups excluding carboxylic acids is 1. The van der Waals surface area contributed by atoms with E-state index in [9.17, 15) is 18.0 Å². The highest BCUT2D eigenvalue weighted by Crippen LogP contribution is 2.35. The number of aldehydes is 1. The van der Waals surface area contributed by atoms with Gasteiger partial charge in [-0.25, -0.2) is 0 Å². The number of alkyl halides is 3. The fraction of sp³-hybridized carbons (Fsp3) is 0.273. The number of ether oxygens (including phenoxy) is 1. The number of halogens is 3. The molecule has 1 N–H and O–H groups in total. The maximum Gasteiger partial charge on any atom is 0.416 e. The lowest BCUT2D eigenvalue weighted by molar-refractivity contribution is -0.137. The molecular weight excluding hydrogens is 395 g/mol. The van der Waals surface area contributed by atoms with E-state index in [4.69, 9.17) is 4.74 Å². The third-order valence-electron chi connectivity index (χ3n) is 5.31. The Bertz CT molecular complexity index is 1060. The molecule has 1 atom stereocenters. The summed E-state index contributed by atoms with van der Waals surface area (Å²) in [6.07, 6.45) is -1.86. The van der Waals surface area contributed by atoms with Gasteiger partial charge in [0, 0.05) is 23.9 Å². The standard InChI is InChI=1S/C22H20F3N3O2/c1-2-28-11-15-9-18(6-7-19(15)20(28)12-29)30-13-16-10-26-27-21(16)14-4-3-5-17(8-14)22(23,24)25/h3-10,12,20H,2,11,13H2,1H3,(H,26,27). The largest absolute Gasteiger partial charge is 0.489 e. The molecule has 0 aliphatic carbocycles. The van der Waals surface area contributed by atoms with E-state index in [2.05, 4.69) is 15.1 Å². The molecule has 0 amide bonds. The highest BCUT2D eigenvalue weighted by molar-refractivity contribution is 5.65. The Morgan fingerprint density at radius 1 is 1.27 bits per heavy atom. The number of rotatable bonds is 6. The molecule has 1 aromatic heterocycles. The van der Waals surface area contributed by atoms with Crippen LogP contribution in [0, 0.1) is 0 Å². The number of likely N-dealkylation sites (N-methyl/N-ethyl adjacent to an activating group) is 1. The Morgan fingerprint density at radius 3 is 2.83 bits per heavy atom. The van der Waals surface area contributed by atoms with Crippen LogP contribution in [0.4, 0.5) is 13.2 Å². The molecule has 0 spiro atoms. The van der Waals surface area contributed by atoms with Gasteiger partial charge in [-0.3, -0.25) is 10.00 Å².